The van der Waals surface area contributed by atoms with Crippen molar-refractivity contribution in [1.29, 1.82) is 0 Å². The lowest BCUT2D eigenvalue weighted by molar-refractivity contribution is -0.120. The Morgan fingerprint density at radius 3 is 2.18 bits per heavy atom. The van der Waals surface area contributed by atoms with Crippen LogP contribution in [0.1, 0.15) is 110 Å². The summed E-state index contributed by atoms with van der Waals surface area (Å²) in [5, 5.41) is 9.20. The normalized spacial score (nSPS) is 20.7. The van der Waals surface area contributed by atoms with E-state index in [9.17, 15) is 14.4 Å². The van der Waals surface area contributed by atoms with Gasteiger partial charge in [0.25, 0.3) is 0 Å². The van der Waals surface area contributed by atoms with Crippen molar-refractivity contribution in [2.75, 3.05) is 35.3 Å². The molecule has 2 atom stereocenters. The molecular formula is C44H56ClN7O7Si. The summed E-state index contributed by atoms with van der Waals surface area (Å²) in [4.78, 5) is 54.9. The Morgan fingerprint density at radius 1 is 0.900 bits per heavy atom. The summed E-state index contributed by atoms with van der Waals surface area (Å²) < 4.78 is 25.0. The second-order valence-electron chi connectivity index (χ2n) is 20.1. The highest BCUT2D eigenvalue weighted by molar-refractivity contribution is 6.74. The van der Waals surface area contributed by atoms with Crippen LogP contribution in [0.15, 0.2) is 36.4 Å². The Bertz CT molecular complexity index is 2420. The Balaban J connectivity index is 1.14. The first kappa shape index (κ1) is 42.0. The molecule has 1 saturated heterocycles. The van der Waals surface area contributed by atoms with Crippen LogP contribution >= 0.6 is 11.6 Å². The van der Waals surface area contributed by atoms with E-state index in [1.807, 2.05) is 24.3 Å². The van der Waals surface area contributed by atoms with E-state index in [1.54, 1.807) is 60.8 Å². The summed E-state index contributed by atoms with van der Waals surface area (Å²) in [7, 11) is -0.399. The Morgan fingerprint density at radius 2 is 1.57 bits per heavy atom. The van der Waals surface area contributed by atoms with Crippen molar-refractivity contribution >= 4 is 72.1 Å². The van der Waals surface area contributed by atoms with Gasteiger partial charge >= 0.3 is 12.2 Å². The molecule has 2 aromatic carbocycles. The zero-order valence-corrected chi connectivity index (χ0v) is 38.4. The number of hydrogen-bond donors (Lipinski definition) is 1. The molecule has 4 aromatic rings. The standard InChI is InChI=1S/C44H56ClN7O7Si/c1-41(2,3)57-39(54)51-31-18-16-26(56-10)20-29(31)44(38(51)53)21-30(44)25-15-17-28-32(19-25)52(40(55)58-42(4,5)6)49-35(28)47-36-33(45)37(48-34(46-36)24-13-14-24)50-22-27(23-50)59-60(11,12)43(7,8)9/h15-20,24,27,30H,13-14,21-23H2,1-12H3,(H,46,47,48,49)/t30-,44-/m0/s1. The summed E-state index contributed by atoms with van der Waals surface area (Å²) in [6.45, 7) is 23.3. The van der Waals surface area contributed by atoms with E-state index >= 15 is 0 Å². The van der Waals surface area contributed by atoms with Crippen molar-refractivity contribution in [3.8, 4) is 5.75 Å². The van der Waals surface area contributed by atoms with Gasteiger partial charge in [0.15, 0.2) is 25.8 Å². The number of halogens is 1. The number of carbonyl (C=O) groups excluding carboxylic acids is 3. The van der Waals surface area contributed by atoms with E-state index in [1.165, 1.54) is 4.68 Å². The third kappa shape index (κ3) is 7.50. The Hall–Kier alpha value is -4.73. The van der Waals surface area contributed by atoms with Crippen LogP contribution in [0.3, 0.4) is 0 Å². The number of hydrogen-bond acceptors (Lipinski definition) is 12. The quantitative estimate of drug-likeness (QED) is 0.168. The Kier molecular flexibility index (Phi) is 9.91. The minimum absolute atomic E-state index is 0.0846. The van der Waals surface area contributed by atoms with Gasteiger partial charge in [0, 0.05) is 30.3 Å². The van der Waals surface area contributed by atoms with Gasteiger partial charge in [0.1, 0.15) is 27.8 Å². The molecular weight excluding hydrogens is 802 g/mol. The third-order valence-corrected chi connectivity index (χ3v) is 17.0. The van der Waals surface area contributed by atoms with Crippen LogP contribution in [0, 0.1) is 0 Å². The SMILES string of the molecule is COc1ccc2c(c1)[C@]1(C[C@H]1c1ccc3c(Nc4nc(C5CC5)nc(N5CC(O[Si](C)(C)C(C)(C)C)C5)c4Cl)nn(C(=O)OC(C)(C)C)c3c1)C(=O)N2C(=O)OC(C)(C)C. The van der Waals surface area contributed by atoms with E-state index in [0.717, 1.165) is 23.3 Å². The van der Waals surface area contributed by atoms with Crippen molar-refractivity contribution in [1.82, 2.24) is 19.7 Å². The first-order valence-corrected chi connectivity index (χ1v) is 24.0. The molecule has 1 N–H and O–H groups in total. The third-order valence-electron chi connectivity index (χ3n) is 12.2. The van der Waals surface area contributed by atoms with Crippen LogP contribution in [-0.2, 0) is 24.1 Å². The number of amides is 2. The van der Waals surface area contributed by atoms with Gasteiger partial charge in [-0.15, -0.1) is 5.10 Å². The monoisotopic (exact) mass is 857 g/mol. The molecule has 0 bridgehead atoms. The van der Waals surface area contributed by atoms with E-state index < -0.39 is 37.1 Å². The second kappa shape index (κ2) is 14.2. The number of carbonyl (C=O) groups is 3. The smallest absolute Gasteiger partial charge is 0.435 e. The summed E-state index contributed by atoms with van der Waals surface area (Å²) >= 11 is 7.15. The fourth-order valence-corrected chi connectivity index (χ4v) is 9.44. The fraction of sp³-hybridized carbons (Fsp3) is 0.545. The molecule has 0 unspecified atom stereocenters. The zero-order chi connectivity index (χ0) is 43.5. The molecule has 4 aliphatic rings. The molecule has 0 radical (unpaired) electrons. The highest BCUT2D eigenvalue weighted by Gasteiger charge is 2.68. The number of rotatable bonds is 8. The van der Waals surface area contributed by atoms with Gasteiger partial charge in [-0.25, -0.2) is 24.5 Å². The molecule has 16 heteroatoms. The van der Waals surface area contributed by atoms with Crippen LogP contribution in [-0.4, -0.2) is 83.7 Å². The second-order valence-corrected chi connectivity index (χ2v) is 25.3. The lowest BCUT2D eigenvalue weighted by atomic mass is 9.91. The van der Waals surface area contributed by atoms with Gasteiger partial charge in [-0.2, -0.15) is 4.68 Å². The molecule has 2 aromatic heterocycles. The van der Waals surface area contributed by atoms with E-state index in [-0.39, 0.29) is 28.9 Å². The van der Waals surface area contributed by atoms with Crippen molar-refractivity contribution < 1.29 is 33.0 Å². The van der Waals surface area contributed by atoms with Gasteiger partial charge in [0.05, 0.1) is 29.8 Å². The van der Waals surface area contributed by atoms with Gasteiger partial charge < -0.3 is 28.9 Å². The molecule has 3 fully saturated rings. The number of methoxy groups -OCH3 is 1. The molecule has 4 heterocycles. The largest absolute Gasteiger partial charge is 0.497 e. The predicted molar refractivity (Wildman–Crippen MR) is 234 cm³/mol. The first-order valence-electron chi connectivity index (χ1n) is 20.7. The number of imide groups is 1. The summed E-state index contributed by atoms with van der Waals surface area (Å²) in [5.41, 5.74) is -0.251. The number of nitrogens with one attached hydrogen (secondary N) is 1. The summed E-state index contributed by atoms with van der Waals surface area (Å²) in [6, 6.07) is 10.9. The number of fused-ring (bicyclic) bond motifs is 3. The molecule has 14 nitrogen and oxygen atoms in total. The van der Waals surface area contributed by atoms with Crippen molar-refractivity contribution in [2.45, 2.75) is 134 Å². The minimum atomic E-state index is -1.96. The molecule has 8 rings (SSSR count). The molecule has 2 saturated carbocycles. The Labute approximate surface area is 357 Å². The fourth-order valence-electron chi connectivity index (χ4n) is 7.85. The van der Waals surface area contributed by atoms with Gasteiger partial charge in [-0.1, -0.05) is 38.4 Å². The maximum absolute atomic E-state index is 14.4. The number of aromatic nitrogens is 4. The molecule has 2 aliphatic heterocycles. The summed E-state index contributed by atoms with van der Waals surface area (Å²) in [5.74, 6) is 2.21. The average Bonchev–Trinajstić information content (AvgIpc) is 4.04. The predicted octanol–water partition coefficient (Wildman–Crippen LogP) is 9.81. The molecule has 320 valence electrons. The minimum Gasteiger partial charge on any atom is -0.497 e. The van der Waals surface area contributed by atoms with Crippen LogP contribution < -0.4 is 19.9 Å². The molecule has 1 spiro atoms. The van der Waals surface area contributed by atoms with Crippen LogP contribution in [0.25, 0.3) is 10.9 Å². The van der Waals surface area contributed by atoms with Gasteiger partial charge in [-0.05, 0) is 120 Å². The summed E-state index contributed by atoms with van der Waals surface area (Å²) in [6.07, 6.45) is 1.10. The van der Waals surface area contributed by atoms with E-state index in [0.29, 0.717) is 75.7 Å². The number of anilines is 4. The van der Waals surface area contributed by atoms with Gasteiger partial charge in [-0.3, -0.25) is 4.79 Å². The van der Waals surface area contributed by atoms with E-state index in [2.05, 4.69) is 44.1 Å². The molecule has 2 aliphatic carbocycles. The topological polar surface area (TPSA) is 150 Å². The van der Waals surface area contributed by atoms with Gasteiger partial charge in [0.2, 0.25) is 5.91 Å². The highest BCUT2D eigenvalue weighted by Crippen LogP contribution is 2.67. The van der Waals surface area contributed by atoms with Crippen molar-refractivity contribution in [3.05, 3.63) is 58.4 Å². The maximum atomic E-state index is 14.4. The zero-order valence-electron chi connectivity index (χ0n) is 36.7. The van der Waals surface area contributed by atoms with Crippen LogP contribution in [0.2, 0.25) is 23.2 Å². The number of nitrogens with zero attached hydrogens (tertiary/aromatic N) is 6. The first-order chi connectivity index (χ1) is 27.9. The lowest BCUT2D eigenvalue weighted by Crippen LogP contribution is -2.58. The number of ether oxygens (including phenoxy) is 3. The average molecular weight is 859 g/mol. The van der Waals surface area contributed by atoms with Crippen LogP contribution in [0.4, 0.5) is 32.7 Å². The van der Waals surface area contributed by atoms with Crippen molar-refractivity contribution in [3.63, 3.8) is 0 Å². The molecule has 2 amide bonds. The molecule has 60 heavy (non-hydrogen) atoms. The maximum Gasteiger partial charge on any atom is 0.435 e. The highest BCUT2D eigenvalue weighted by atomic mass is 35.5. The van der Waals surface area contributed by atoms with Crippen molar-refractivity contribution in [2.24, 2.45) is 0 Å². The number of benzene rings is 2. The van der Waals surface area contributed by atoms with E-state index in [4.69, 9.17) is 45.3 Å². The van der Waals surface area contributed by atoms with Crippen LogP contribution in [0.5, 0.6) is 5.75 Å². The lowest BCUT2D eigenvalue weighted by Gasteiger charge is -2.47.